The lowest BCUT2D eigenvalue weighted by molar-refractivity contribution is -0.148. The third-order valence-electron chi connectivity index (χ3n) is 6.33. The Morgan fingerprint density at radius 3 is 2.09 bits per heavy atom. The standard InChI is InChI=1S/C29H39NO4/c1-5-33-27(31)26-20-22(21-30(26)28(32)34-29(2,3)4)14-12-13-19-25(23-15-8-6-9-16-23)24-17-10-7-11-18-24/h6-11,15-18,22,25-26H,5,12-14,19-21H2,1-4H3/t22-,26-/m0/s1. The summed E-state index contributed by atoms with van der Waals surface area (Å²) >= 11 is 0. The summed E-state index contributed by atoms with van der Waals surface area (Å²) in [5, 5.41) is 0. The average Bonchev–Trinajstić information content (AvgIpc) is 3.24. The van der Waals surface area contributed by atoms with Crippen molar-refractivity contribution in [1.82, 2.24) is 4.90 Å². The number of esters is 1. The van der Waals surface area contributed by atoms with Crippen molar-refractivity contribution in [2.24, 2.45) is 5.92 Å². The highest BCUT2D eigenvalue weighted by Gasteiger charge is 2.42. The van der Waals surface area contributed by atoms with Gasteiger partial charge < -0.3 is 9.47 Å². The molecule has 184 valence electrons. The van der Waals surface area contributed by atoms with Crippen LogP contribution in [-0.4, -0.2) is 41.8 Å². The molecule has 5 heteroatoms. The zero-order valence-electron chi connectivity index (χ0n) is 21.0. The number of nitrogens with zero attached hydrogens (tertiary/aromatic N) is 1. The molecule has 0 unspecified atom stereocenters. The molecule has 1 saturated heterocycles. The minimum atomic E-state index is -0.599. The van der Waals surface area contributed by atoms with Crippen molar-refractivity contribution in [1.29, 1.82) is 0 Å². The Morgan fingerprint density at radius 1 is 0.971 bits per heavy atom. The summed E-state index contributed by atoms with van der Waals surface area (Å²) in [5.74, 6) is 0.314. The average molecular weight is 466 g/mol. The van der Waals surface area contributed by atoms with Crippen LogP contribution in [0.2, 0.25) is 0 Å². The second kappa shape index (κ2) is 12.0. The van der Waals surface area contributed by atoms with Crippen molar-refractivity contribution in [3.8, 4) is 0 Å². The predicted molar refractivity (Wildman–Crippen MR) is 135 cm³/mol. The van der Waals surface area contributed by atoms with Crippen LogP contribution in [0.25, 0.3) is 0 Å². The first-order valence-electron chi connectivity index (χ1n) is 12.5. The fourth-order valence-electron chi connectivity index (χ4n) is 4.79. The van der Waals surface area contributed by atoms with Gasteiger partial charge in [-0.25, -0.2) is 9.59 Å². The molecule has 34 heavy (non-hydrogen) atoms. The van der Waals surface area contributed by atoms with Crippen LogP contribution < -0.4 is 0 Å². The number of unbranched alkanes of at least 4 members (excludes halogenated alkanes) is 1. The van der Waals surface area contributed by atoms with E-state index in [0.29, 0.717) is 25.5 Å². The molecule has 0 aliphatic carbocycles. The van der Waals surface area contributed by atoms with Crippen LogP contribution in [-0.2, 0) is 14.3 Å². The topological polar surface area (TPSA) is 55.8 Å². The molecular weight excluding hydrogens is 426 g/mol. The molecule has 0 aromatic heterocycles. The van der Waals surface area contributed by atoms with Crippen molar-refractivity contribution >= 4 is 12.1 Å². The summed E-state index contributed by atoms with van der Waals surface area (Å²) in [6.45, 7) is 8.16. The van der Waals surface area contributed by atoms with E-state index < -0.39 is 17.7 Å². The molecule has 2 atom stereocenters. The molecule has 0 N–H and O–H groups in total. The highest BCUT2D eigenvalue weighted by Crippen LogP contribution is 2.33. The van der Waals surface area contributed by atoms with Crippen molar-refractivity contribution < 1.29 is 19.1 Å². The number of benzene rings is 2. The number of ether oxygens (including phenoxy) is 2. The molecule has 3 rings (SSSR count). The smallest absolute Gasteiger partial charge is 0.411 e. The molecule has 0 radical (unpaired) electrons. The van der Waals surface area contributed by atoms with Crippen molar-refractivity contribution in [2.75, 3.05) is 13.2 Å². The van der Waals surface area contributed by atoms with Gasteiger partial charge in [-0.05, 0) is 64.0 Å². The van der Waals surface area contributed by atoms with E-state index in [-0.39, 0.29) is 11.9 Å². The Labute approximate surface area is 204 Å². The predicted octanol–water partition coefficient (Wildman–Crippen LogP) is 6.57. The van der Waals surface area contributed by atoms with Crippen LogP contribution in [0.15, 0.2) is 60.7 Å². The molecule has 2 aromatic rings. The van der Waals surface area contributed by atoms with Crippen LogP contribution in [0.4, 0.5) is 4.79 Å². The van der Waals surface area contributed by atoms with Gasteiger partial charge in [-0.15, -0.1) is 0 Å². The fraction of sp³-hybridized carbons (Fsp3) is 0.517. The van der Waals surface area contributed by atoms with Crippen molar-refractivity contribution in [3.05, 3.63) is 71.8 Å². The molecule has 1 amide bonds. The Bertz CT molecular complexity index is 867. The minimum Gasteiger partial charge on any atom is -0.464 e. The van der Waals surface area contributed by atoms with Gasteiger partial charge in [0.15, 0.2) is 0 Å². The highest BCUT2D eigenvalue weighted by molar-refractivity contribution is 5.82. The summed E-state index contributed by atoms with van der Waals surface area (Å²) in [4.78, 5) is 26.9. The Balaban J connectivity index is 1.58. The first-order valence-corrected chi connectivity index (χ1v) is 12.5. The molecular formula is C29H39NO4. The third kappa shape index (κ3) is 7.34. The van der Waals surface area contributed by atoms with Crippen LogP contribution in [0, 0.1) is 5.92 Å². The van der Waals surface area contributed by atoms with Crippen molar-refractivity contribution in [2.45, 2.75) is 77.4 Å². The number of rotatable bonds is 9. The number of likely N-dealkylation sites (tertiary alicyclic amines) is 1. The third-order valence-corrected chi connectivity index (χ3v) is 6.33. The molecule has 1 fully saturated rings. The zero-order chi connectivity index (χ0) is 24.6. The quantitative estimate of drug-likeness (QED) is 0.310. The van der Waals surface area contributed by atoms with E-state index in [1.165, 1.54) is 11.1 Å². The van der Waals surface area contributed by atoms with Crippen molar-refractivity contribution in [3.63, 3.8) is 0 Å². The molecule has 0 spiro atoms. The number of amides is 1. The van der Waals surface area contributed by atoms with Gasteiger partial charge in [-0.3, -0.25) is 4.90 Å². The maximum absolute atomic E-state index is 12.8. The SMILES string of the molecule is CCOC(=O)[C@@H]1C[C@H](CCCCC(c2ccccc2)c2ccccc2)CN1C(=O)OC(C)(C)C. The highest BCUT2D eigenvalue weighted by atomic mass is 16.6. The molecule has 2 aromatic carbocycles. The lowest BCUT2D eigenvalue weighted by atomic mass is 9.86. The number of hydrogen-bond acceptors (Lipinski definition) is 4. The summed E-state index contributed by atoms with van der Waals surface area (Å²) in [7, 11) is 0. The maximum Gasteiger partial charge on any atom is 0.411 e. The molecule has 1 aliphatic heterocycles. The second-order valence-corrected chi connectivity index (χ2v) is 10.2. The van der Waals surface area contributed by atoms with Crippen LogP contribution in [0.3, 0.4) is 0 Å². The number of hydrogen-bond donors (Lipinski definition) is 0. The molecule has 0 saturated carbocycles. The van der Waals surface area contributed by atoms with Gasteiger partial charge in [-0.1, -0.05) is 73.5 Å². The van der Waals surface area contributed by atoms with Gasteiger partial charge in [0.05, 0.1) is 6.61 Å². The summed E-state index contributed by atoms with van der Waals surface area (Å²) in [6.07, 6.45) is 4.39. The van der Waals surface area contributed by atoms with Crippen LogP contribution in [0.5, 0.6) is 0 Å². The Morgan fingerprint density at radius 2 is 1.56 bits per heavy atom. The van der Waals surface area contributed by atoms with Crippen LogP contribution in [0.1, 0.15) is 76.8 Å². The largest absolute Gasteiger partial charge is 0.464 e. The lowest BCUT2D eigenvalue weighted by Crippen LogP contribution is -2.44. The van der Waals surface area contributed by atoms with Gasteiger partial charge in [0, 0.05) is 12.5 Å². The first kappa shape index (κ1) is 25.8. The summed E-state index contributed by atoms with van der Waals surface area (Å²) < 4.78 is 10.8. The molecule has 5 nitrogen and oxygen atoms in total. The first-order chi connectivity index (χ1) is 16.3. The van der Waals surface area contributed by atoms with E-state index in [4.69, 9.17) is 9.47 Å². The maximum atomic E-state index is 12.8. The fourth-order valence-corrected chi connectivity index (χ4v) is 4.79. The van der Waals surface area contributed by atoms with Crippen LogP contribution >= 0.6 is 0 Å². The molecule has 1 aliphatic rings. The monoisotopic (exact) mass is 465 g/mol. The second-order valence-electron chi connectivity index (χ2n) is 10.2. The van der Waals surface area contributed by atoms with Gasteiger partial charge in [0.1, 0.15) is 11.6 Å². The summed E-state index contributed by atoms with van der Waals surface area (Å²) in [6, 6.07) is 20.8. The van der Waals surface area contributed by atoms with E-state index in [1.807, 2.05) is 20.8 Å². The van der Waals surface area contributed by atoms with E-state index in [2.05, 4.69) is 60.7 Å². The molecule has 1 heterocycles. The number of carbonyl (C=O) groups excluding carboxylic acids is 2. The number of carbonyl (C=O) groups is 2. The van der Waals surface area contributed by atoms with Gasteiger partial charge in [0.2, 0.25) is 0 Å². The van der Waals surface area contributed by atoms with Gasteiger partial charge >= 0.3 is 12.1 Å². The lowest BCUT2D eigenvalue weighted by Gasteiger charge is -2.27. The zero-order valence-corrected chi connectivity index (χ0v) is 21.0. The molecule has 0 bridgehead atoms. The van der Waals surface area contributed by atoms with E-state index in [9.17, 15) is 9.59 Å². The van der Waals surface area contributed by atoms with E-state index in [1.54, 1.807) is 11.8 Å². The Hall–Kier alpha value is -2.82. The minimum absolute atomic E-state index is 0.272. The normalized spacial score (nSPS) is 18.2. The van der Waals surface area contributed by atoms with Gasteiger partial charge in [0.25, 0.3) is 0 Å². The van der Waals surface area contributed by atoms with E-state index >= 15 is 0 Å². The van der Waals surface area contributed by atoms with Gasteiger partial charge in [-0.2, -0.15) is 0 Å². The van der Waals surface area contributed by atoms with E-state index in [0.717, 1.165) is 25.7 Å². The Kier molecular flexibility index (Phi) is 9.14. The summed E-state index contributed by atoms with van der Waals surface area (Å²) in [5.41, 5.74) is 2.08.